The quantitative estimate of drug-likeness (QED) is 0.534. The van der Waals surface area contributed by atoms with E-state index in [9.17, 15) is 4.79 Å². The van der Waals surface area contributed by atoms with Crippen molar-refractivity contribution in [3.8, 4) is 0 Å². The zero-order chi connectivity index (χ0) is 23.2. The Hall–Kier alpha value is -2.97. The summed E-state index contributed by atoms with van der Waals surface area (Å²) in [5.41, 5.74) is 3.25. The van der Waals surface area contributed by atoms with Crippen LogP contribution in [0.4, 0.5) is 5.82 Å². The first-order valence-electron chi connectivity index (χ1n) is 11.8. The number of nitrogens with zero attached hydrogens (tertiary/aromatic N) is 5. The van der Waals surface area contributed by atoms with Gasteiger partial charge in [-0.2, -0.15) is 10.2 Å². The number of aromatic nitrogens is 4. The van der Waals surface area contributed by atoms with E-state index in [2.05, 4.69) is 45.1 Å². The highest BCUT2D eigenvalue weighted by atomic mass is 16.5. The van der Waals surface area contributed by atoms with E-state index < -0.39 is 6.10 Å². The molecule has 1 saturated heterocycles. The Labute approximate surface area is 195 Å². The fourth-order valence-electron chi connectivity index (χ4n) is 4.54. The molecular formula is C25H34N6O2. The molecule has 0 aliphatic carbocycles. The van der Waals surface area contributed by atoms with Crippen molar-refractivity contribution in [2.45, 2.75) is 58.3 Å². The SMILES string of the molecule is CCCn1cc(CN2CCC(n3nccc3NC(=O)[C@H](OC)c3ccccc3)CC2)c(C)n1. The fourth-order valence-corrected chi connectivity index (χ4v) is 4.54. The van der Waals surface area contributed by atoms with E-state index in [1.165, 1.54) is 5.56 Å². The maximum atomic E-state index is 12.9. The molecular weight excluding hydrogens is 416 g/mol. The molecule has 1 fully saturated rings. The summed E-state index contributed by atoms with van der Waals surface area (Å²) < 4.78 is 9.48. The summed E-state index contributed by atoms with van der Waals surface area (Å²) in [7, 11) is 1.55. The molecule has 2 aromatic heterocycles. The lowest BCUT2D eigenvalue weighted by Crippen LogP contribution is -2.35. The van der Waals surface area contributed by atoms with Gasteiger partial charge >= 0.3 is 0 Å². The zero-order valence-corrected chi connectivity index (χ0v) is 19.8. The van der Waals surface area contributed by atoms with Crippen molar-refractivity contribution in [1.29, 1.82) is 0 Å². The van der Waals surface area contributed by atoms with E-state index in [1.54, 1.807) is 13.3 Å². The first kappa shape index (κ1) is 23.2. The van der Waals surface area contributed by atoms with Crippen LogP contribution < -0.4 is 5.32 Å². The molecule has 4 rings (SSSR count). The van der Waals surface area contributed by atoms with Gasteiger partial charge in [0.1, 0.15) is 5.82 Å². The van der Waals surface area contributed by atoms with Crippen LogP contribution in [-0.4, -0.2) is 50.6 Å². The van der Waals surface area contributed by atoms with Crippen molar-refractivity contribution in [2.75, 3.05) is 25.5 Å². The predicted molar refractivity (Wildman–Crippen MR) is 128 cm³/mol. The van der Waals surface area contributed by atoms with Crippen LogP contribution in [-0.2, 0) is 22.6 Å². The van der Waals surface area contributed by atoms with Crippen molar-refractivity contribution in [2.24, 2.45) is 0 Å². The Morgan fingerprint density at radius 1 is 1.21 bits per heavy atom. The molecule has 1 aliphatic heterocycles. The Kier molecular flexibility index (Phi) is 7.57. The minimum atomic E-state index is -0.659. The topological polar surface area (TPSA) is 77.2 Å². The first-order chi connectivity index (χ1) is 16.1. The van der Waals surface area contributed by atoms with Gasteiger partial charge in [0.25, 0.3) is 5.91 Å². The van der Waals surface area contributed by atoms with Crippen molar-refractivity contribution < 1.29 is 9.53 Å². The number of likely N-dealkylation sites (tertiary alicyclic amines) is 1. The van der Waals surface area contributed by atoms with E-state index in [1.807, 2.05) is 41.1 Å². The van der Waals surface area contributed by atoms with Gasteiger partial charge in [-0.05, 0) is 31.7 Å². The molecule has 0 unspecified atom stereocenters. The van der Waals surface area contributed by atoms with Crippen LogP contribution in [0.5, 0.6) is 0 Å². The largest absolute Gasteiger partial charge is 0.367 e. The molecule has 8 nitrogen and oxygen atoms in total. The molecule has 1 aliphatic rings. The molecule has 1 amide bonds. The summed E-state index contributed by atoms with van der Waals surface area (Å²) in [5, 5.41) is 12.2. The molecule has 8 heteroatoms. The first-order valence-corrected chi connectivity index (χ1v) is 11.8. The van der Waals surface area contributed by atoms with Crippen LogP contribution in [0.25, 0.3) is 0 Å². The number of ether oxygens (including phenoxy) is 1. The maximum Gasteiger partial charge on any atom is 0.259 e. The second-order valence-electron chi connectivity index (χ2n) is 8.69. The van der Waals surface area contributed by atoms with Gasteiger partial charge in [-0.3, -0.25) is 14.4 Å². The molecule has 0 spiro atoms. The molecule has 0 radical (unpaired) electrons. The van der Waals surface area contributed by atoms with E-state index >= 15 is 0 Å². The Balaban J connectivity index is 1.35. The summed E-state index contributed by atoms with van der Waals surface area (Å²) in [6, 6.07) is 11.6. The second-order valence-corrected chi connectivity index (χ2v) is 8.69. The number of hydrogen-bond acceptors (Lipinski definition) is 5. The third-order valence-electron chi connectivity index (χ3n) is 6.30. The standard InChI is InChI=1S/C25H34N6O2/c1-4-14-30-18-21(19(2)28-30)17-29-15-11-22(12-16-29)31-23(10-13-26-31)27-25(32)24(33-3)20-8-6-5-7-9-20/h5-10,13,18,22,24H,4,11-12,14-17H2,1-3H3,(H,27,32)/t24-/m1/s1. The normalized spacial score (nSPS) is 16.1. The van der Waals surface area contributed by atoms with Crippen LogP contribution in [0.3, 0.4) is 0 Å². The molecule has 3 heterocycles. The van der Waals surface area contributed by atoms with Crippen LogP contribution in [0.15, 0.2) is 48.8 Å². The van der Waals surface area contributed by atoms with Crippen molar-refractivity contribution >= 4 is 11.7 Å². The lowest BCUT2D eigenvalue weighted by atomic mass is 10.0. The van der Waals surface area contributed by atoms with E-state index in [0.29, 0.717) is 5.82 Å². The summed E-state index contributed by atoms with van der Waals surface area (Å²) in [6.07, 6.45) is 6.33. The molecule has 33 heavy (non-hydrogen) atoms. The van der Waals surface area contributed by atoms with Crippen molar-refractivity contribution in [1.82, 2.24) is 24.5 Å². The van der Waals surface area contributed by atoms with Crippen LogP contribution in [0, 0.1) is 6.92 Å². The van der Waals surface area contributed by atoms with Gasteiger partial charge in [0.05, 0.1) is 17.9 Å². The number of nitrogens with one attached hydrogen (secondary N) is 1. The van der Waals surface area contributed by atoms with Gasteiger partial charge < -0.3 is 10.1 Å². The van der Waals surface area contributed by atoms with E-state index in [-0.39, 0.29) is 11.9 Å². The number of aryl methyl sites for hydroxylation is 2. The third kappa shape index (κ3) is 5.51. The second kappa shape index (κ2) is 10.8. The molecule has 1 aromatic carbocycles. The van der Waals surface area contributed by atoms with Gasteiger partial charge in [-0.25, -0.2) is 4.68 Å². The number of piperidine rings is 1. The van der Waals surface area contributed by atoms with E-state index in [4.69, 9.17) is 4.74 Å². The molecule has 176 valence electrons. The Bertz CT molecular complexity index is 1040. The lowest BCUT2D eigenvalue weighted by molar-refractivity contribution is -0.126. The highest BCUT2D eigenvalue weighted by molar-refractivity contribution is 5.94. The van der Waals surface area contributed by atoms with Gasteiger partial charge in [0, 0.05) is 51.1 Å². The van der Waals surface area contributed by atoms with Crippen LogP contribution in [0.1, 0.15) is 55.2 Å². The third-order valence-corrected chi connectivity index (χ3v) is 6.30. The lowest BCUT2D eigenvalue weighted by Gasteiger charge is -2.32. The zero-order valence-electron chi connectivity index (χ0n) is 19.8. The minimum absolute atomic E-state index is 0.192. The Morgan fingerprint density at radius 2 is 1.97 bits per heavy atom. The average molecular weight is 451 g/mol. The Morgan fingerprint density at radius 3 is 2.67 bits per heavy atom. The number of carbonyl (C=O) groups excluding carboxylic acids is 1. The van der Waals surface area contributed by atoms with Crippen molar-refractivity contribution in [3.05, 3.63) is 65.6 Å². The summed E-state index contributed by atoms with van der Waals surface area (Å²) in [6.45, 7) is 8.13. The summed E-state index contributed by atoms with van der Waals surface area (Å²) in [4.78, 5) is 15.4. The van der Waals surface area contributed by atoms with E-state index in [0.717, 1.165) is 56.7 Å². The number of methoxy groups -OCH3 is 1. The smallest absolute Gasteiger partial charge is 0.259 e. The summed E-state index contributed by atoms with van der Waals surface area (Å²) >= 11 is 0. The predicted octanol–water partition coefficient (Wildman–Crippen LogP) is 3.96. The molecule has 0 saturated carbocycles. The van der Waals surface area contributed by atoms with Crippen molar-refractivity contribution in [3.63, 3.8) is 0 Å². The summed E-state index contributed by atoms with van der Waals surface area (Å²) in [5.74, 6) is 0.524. The van der Waals surface area contributed by atoms with Gasteiger partial charge in [0.15, 0.2) is 6.10 Å². The van der Waals surface area contributed by atoms with Gasteiger partial charge in [0.2, 0.25) is 0 Å². The molecule has 0 bridgehead atoms. The molecule has 1 atom stereocenters. The average Bonchev–Trinajstić information content (AvgIpc) is 3.42. The number of rotatable bonds is 9. The monoisotopic (exact) mass is 450 g/mol. The molecule has 1 N–H and O–H groups in total. The highest BCUT2D eigenvalue weighted by Crippen LogP contribution is 2.27. The number of anilines is 1. The fraction of sp³-hybridized carbons (Fsp3) is 0.480. The highest BCUT2D eigenvalue weighted by Gasteiger charge is 2.26. The maximum absolute atomic E-state index is 12.9. The minimum Gasteiger partial charge on any atom is -0.367 e. The van der Waals surface area contributed by atoms with Crippen LogP contribution in [0.2, 0.25) is 0 Å². The number of amides is 1. The van der Waals surface area contributed by atoms with Gasteiger partial charge in [-0.1, -0.05) is 37.3 Å². The molecule has 3 aromatic rings. The van der Waals surface area contributed by atoms with Crippen LogP contribution >= 0.6 is 0 Å². The number of carbonyl (C=O) groups is 1. The van der Waals surface area contributed by atoms with Gasteiger partial charge in [-0.15, -0.1) is 0 Å². The number of benzene rings is 1. The number of hydrogen-bond donors (Lipinski definition) is 1.